The van der Waals surface area contributed by atoms with Crippen molar-refractivity contribution < 1.29 is 9.84 Å². The van der Waals surface area contributed by atoms with Crippen molar-refractivity contribution in [3.63, 3.8) is 0 Å². The number of pyridine rings is 1. The van der Waals surface area contributed by atoms with Gasteiger partial charge in [0.2, 0.25) is 5.88 Å². The molecule has 3 fully saturated rings. The number of nitrogens with zero attached hydrogens (tertiary/aromatic N) is 4. The second kappa shape index (κ2) is 7.00. The van der Waals surface area contributed by atoms with E-state index in [0.29, 0.717) is 28.3 Å². The summed E-state index contributed by atoms with van der Waals surface area (Å²) in [7, 11) is 2.10. The fourth-order valence-corrected chi connectivity index (χ4v) is 5.26. The topological polar surface area (TPSA) is 83.4 Å². The van der Waals surface area contributed by atoms with E-state index in [1.807, 2.05) is 18.3 Å². The van der Waals surface area contributed by atoms with E-state index in [9.17, 15) is 5.11 Å². The summed E-state index contributed by atoms with van der Waals surface area (Å²) in [6.45, 7) is 1.93. The zero-order valence-corrected chi connectivity index (χ0v) is 18.0. The standard InChI is InChI=1S/C24H29N5O2/c1-29-10-2-3-16(15-29)17-11-20(30)22(25-14-17)19-4-5-21(27-26-19)31-18-12-23(6-7-23)28-24(13-18)8-9-24/h3-5,11,14,18,28,30H,2,6-10,12-13,15H2,1H3. The van der Waals surface area contributed by atoms with Crippen molar-refractivity contribution >= 4 is 5.57 Å². The smallest absolute Gasteiger partial charge is 0.233 e. The molecule has 2 spiro atoms. The maximum atomic E-state index is 10.6. The maximum Gasteiger partial charge on any atom is 0.233 e. The summed E-state index contributed by atoms with van der Waals surface area (Å²) >= 11 is 0. The van der Waals surface area contributed by atoms with Gasteiger partial charge in [-0.25, -0.2) is 4.98 Å². The molecular formula is C24H29N5O2. The highest BCUT2D eigenvalue weighted by molar-refractivity contribution is 5.71. The second-order valence-corrected chi connectivity index (χ2v) is 9.94. The van der Waals surface area contributed by atoms with Gasteiger partial charge in [-0.1, -0.05) is 6.08 Å². The summed E-state index contributed by atoms with van der Waals surface area (Å²) in [5.41, 5.74) is 3.77. The van der Waals surface area contributed by atoms with E-state index in [1.165, 1.54) is 31.3 Å². The van der Waals surface area contributed by atoms with Crippen LogP contribution in [0.15, 0.2) is 30.5 Å². The average Bonchev–Trinajstić information content (AvgIpc) is 3.68. The van der Waals surface area contributed by atoms with Gasteiger partial charge >= 0.3 is 0 Å². The van der Waals surface area contributed by atoms with Crippen molar-refractivity contribution in [2.45, 2.75) is 62.1 Å². The van der Waals surface area contributed by atoms with Gasteiger partial charge in [0.15, 0.2) is 0 Å². The molecule has 6 rings (SSSR count). The molecule has 0 radical (unpaired) electrons. The highest BCUT2D eigenvalue weighted by atomic mass is 16.5. The average molecular weight is 420 g/mol. The van der Waals surface area contributed by atoms with E-state index in [4.69, 9.17) is 4.74 Å². The lowest BCUT2D eigenvalue weighted by Crippen LogP contribution is -2.52. The molecule has 4 heterocycles. The number of ether oxygens (including phenoxy) is 1. The lowest BCUT2D eigenvalue weighted by Gasteiger charge is -2.37. The molecule has 2 aliphatic carbocycles. The molecular weight excluding hydrogens is 390 g/mol. The van der Waals surface area contributed by atoms with Crippen LogP contribution in [0.5, 0.6) is 11.6 Å². The first-order valence-electron chi connectivity index (χ1n) is 11.4. The van der Waals surface area contributed by atoms with Gasteiger partial charge in [-0.2, -0.15) is 0 Å². The molecule has 0 aromatic carbocycles. The third-order valence-electron chi connectivity index (χ3n) is 7.22. The quantitative estimate of drug-likeness (QED) is 0.788. The Morgan fingerprint density at radius 3 is 2.52 bits per heavy atom. The van der Waals surface area contributed by atoms with Crippen molar-refractivity contribution in [3.8, 4) is 23.0 Å². The van der Waals surface area contributed by atoms with Crippen LogP contribution >= 0.6 is 0 Å². The molecule has 4 aliphatic rings. The Kier molecular flexibility index (Phi) is 4.34. The molecule has 7 nitrogen and oxygen atoms in total. The van der Waals surface area contributed by atoms with E-state index in [0.717, 1.165) is 37.9 Å². The first kappa shape index (κ1) is 19.2. The van der Waals surface area contributed by atoms with Crippen LogP contribution in [-0.4, -0.2) is 62.5 Å². The van der Waals surface area contributed by atoms with Crippen LogP contribution in [0.1, 0.15) is 50.5 Å². The highest BCUT2D eigenvalue weighted by Crippen LogP contribution is 2.53. The molecule has 0 amide bonds. The Morgan fingerprint density at radius 1 is 1.13 bits per heavy atom. The summed E-state index contributed by atoms with van der Waals surface area (Å²) in [6, 6.07) is 5.45. The van der Waals surface area contributed by atoms with Gasteiger partial charge in [0, 0.05) is 54.8 Å². The number of rotatable bonds is 4. The van der Waals surface area contributed by atoms with E-state index < -0.39 is 0 Å². The minimum atomic E-state index is 0.124. The van der Waals surface area contributed by atoms with Gasteiger partial charge in [0.05, 0.1) is 0 Å². The van der Waals surface area contributed by atoms with Crippen LogP contribution in [0.3, 0.4) is 0 Å². The fraction of sp³-hybridized carbons (Fsp3) is 0.542. The molecule has 0 atom stereocenters. The van der Waals surface area contributed by atoms with Gasteiger partial charge in [-0.15, -0.1) is 10.2 Å². The van der Waals surface area contributed by atoms with Gasteiger partial charge in [0.1, 0.15) is 23.2 Å². The van der Waals surface area contributed by atoms with Crippen LogP contribution in [0.4, 0.5) is 0 Å². The first-order chi connectivity index (χ1) is 15.0. The summed E-state index contributed by atoms with van der Waals surface area (Å²) < 4.78 is 6.23. The minimum absolute atomic E-state index is 0.124. The Balaban J connectivity index is 1.16. The van der Waals surface area contributed by atoms with Crippen LogP contribution in [-0.2, 0) is 0 Å². The zero-order chi connectivity index (χ0) is 21.1. The second-order valence-electron chi connectivity index (χ2n) is 9.94. The molecule has 0 unspecified atom stereocenters. The Hall–Kier alpha value is -2.51. The molecule has 2 aromatic rings. The number of likely N-dealkylation sites (N-methyl/N-ethyl adjacent to an activating group) is 1. The summed E-state index contributed by atoms with van der Waals surface area (Å²) in [5, 5.41) is 23.1. The maximum absolute atomic E-state index is 10.6. The molecule has 1 saturated heterocycles. The van der Waals surface area contributed by atoms with E-state index in [-0.39, 0.29) is 11.9 Å². The van der Waals surface area contributed by atoms with Crippen LogP contribution in [0.2, 0.25) is 0 Å². The first-order valence-corrected chi connectivity index (χ1v) is 11.4. The zero-order valence-electron chi connectivity index (χ0n) is 18.0. The summed E-state index contributed by atoms with van der Waals surface area (Å²) in [4.78, 5) is 6.75. The van der Waals surface area contributed by atoms with Gasteiger partial charge in [0.25, 0.3) is 0 Å². The monoisotopic (exact) mass is 419 g/mol. The van der Waals surface area contributed by atoms with Crippen molar-refractivity contribution in [2.24, 2.45) is 0 Å². The fourth-order valence-electron chi connectivity index (χ4n) is 5.26. The molecule has 2 N–H and O–H groups in total. The summed E-state index contributed by atoms with van der Waals surface area (Å²) in [5.74, 6) is 0.674. The third kappa shape index (κ3) is 3.81. The SMILES string of the molecule is CN1CCC=C(c2cnc(-c3ccc(OC4CC5(CC5)NC5(CC5)C4)nn3)c(O)c2)C1. The number of piperidine rings is 1. The molecule has 2 aliphatic heterocycles. The Labute approximate surface area is 182 Å². The lowest BCUT2D eigenvalue weighted by molar-refractivity contribution is 0.0951. The molecule has 2 saturated carbocycles. The van der Waals surface area contributed by atoms with Crippen molar-refractivity contribution in [1.29, 1.82) is 0 Å². The number of aromatic hydroxyl groups is 1. The van der Waals surface area contributed by atoms with Crippen LogP contribution < -0.4 is 10.1 Å². The predicted molar refractivity (Wildman–Crippen MR) is 118 cm³/mol. The third-order valence-corrected chi connectivity index (χ3v) is 7.22. The molecule has 2 aromatic heterocycles. The number of nitrogens with one attached hydrogen (secondary N) is 1. The number of hydrogen-bond donors (Lipinski definition) is 2. The minimum Gasteiger partial charge on any atom is -0.506 e. The van der Waals surface area contributed by atoms with E-state index in [2.05, 4.69) is 38.5 Å². The van der Waals surface area contributed by atoms with Gasteiger partial charge in [-0.3, -0.25) is 0 Å². The van der Waals surface area contributed by atoms with Gasteiger partial charge in [-0.05, 0) is 56.9 Å². The molecule has 162 valence electrons. The largest absolute Gasteiger partial charge is 0.506 e. The van der Waals surface area contributed by atoms with Crippen molar-refractivity contribution in [1.82, 2.24) is 25.4 Å². The van der Waals surface area contributed by atoms with Crippen molar-refractivity contribution in [2.75, 3.05) is 20.1 Å². The van der Waals surface area contributed by atoms with Crippen LogP contribution in [0.25, 0.3) is 17.0 Å². The molecule has 7 heteroatoms. The molecule has 0 bridgehead atoms. The van der Waals surface area contributed by atoms with Gasteiger partial charge < -0.3 is 20.1 Å². The van der Waals surface area contributed by atoms with Crippen molar-refractivity contribution in [3.05, 3.63) is 36.0 Å². The van der Waals surface area contributed by atoms with Crippen LogP contribution in [0, 0.1) is 0 Å². The summed E-state index contributed by atoms with van der Waals surface area (Å²) in [6.07, 6.45) is 12.4. The number of hydrogen-bond acceptors (Lipinski definition) is 7. The van der Waals surface area contributed by atoms with E-state index in [1.54, 1.807) is 6.07 Å². The molecule has 31 heavy (non-hydrogen) atoms. The lowest BCUT2D eigenvalue weighted by atomic mass is 9.92. The Morgan fingerprint density at radius 2 is 1.90 bits per heavy atom. The highest BCUT2D eigenvalue weighted by Gasteiger charge is 2.59. The van der Waals surface area contributed by atoms with E-state index >= 15 is 0 Å². The number of aromatic nitrogens is 3. The predicted octanol–water partition coefficient (Wildman–Crippen LogP) is 3.16. The Bertz CT molecular complexity index is 1010. The normalized spacial score (nSPS) is 26.0.